The summed E-state index contributed by atoms with van der Waals surface area (Å²) in [6.07, 6.45) is 0. The highest BCUT2D eigenvalue weighted by Crippen LogP contribution is 2.17. The van der Waals surface area contributed by atoms with Crippen LogP contribution in [-0.2, 0) is 0 Å². The molecule has 0 aliphatic carbocycles. The molecule has 1 aliphatic heterocycles. The summed E-state index contributed by atoms with van der Waals surface area (Å²) in [6, 6.07) is 15.1. The first-order valence-electron chi connectivity index (χ1n) is 10.6. The summed E-state index contributed by atoms with van der Waals surface area (Å²) in [5.74, 6) is 0.0193. The Hall–Kier alpha value is -2.37. The quantitative estimate of drug-likeness (QED) is 0.655. The first kappa shape index (κ1) is 21.3. The molecule has 2 aromatic carbocycles. The number of likely N-dealkylation sites (N-methyl/N-ethyl adjacent to an activating group) is 1. The van der Waals surface area contributed by atoms with E-state index in [0.717, 1.165) is 29.8 Å². The number of hydrogen-bond acceptors (Lipinski definition) is 2. The van der Waals surface area contributed by atoms with E-state index in [1.165, 1.54) is 24.3 Å². The summed E-state index contributed by atoms with van der Waals surface area (Å²) < 4.78 is 0. The number of quaternary nitrogens is 2. The molecule has 1 fully saturated rings. The number of amides is 1. The Morgan fingerprint density at radius 3 is 2.14 bits per heavy atom. The van der Waals surface area contributed by atoms with Gasteiger partial charge in [0.25, 0.3) is 5.91 Å². The van der Waals surface area contributed by atoms with Crippen molar-refractivity contribution in [1.82, 2.24) is 5.32 Å². The maximum atomic E-state index is 12.8. The molecule has 0 bridgehead atoms. The van der Waals surface area contributed by atoms with E-state index in [-0.39, 0.29) is 11.9 Å². The molecule has 29 heavy (non-hydrogen) atoms. The van der Waals surface area contributed by atoms with E-state index in [4.69, 9.17) is 0 Å². The number of benzene rings is 2. The van der Waals surface area contributed by atoms with Gasteiger partial charge < -0.3 is 20.0 Å². The van der Waals surface area contributed by atoms with Gasteiger partial charge >= 0.3 is 0 Å². The van der Waals surface area contributed by atoms with E-state index >= 15 is 0 Å². The highest BCUT2D eigenvalue weighted by molar-refractivity contribution is 5.94. The van der Waals surface area contributed by atoms with E-state index in [1.807, 2.05) is 26.0 Å². The van der Waals surface area contributed by atoms with Crippen LogP contribution in [0.4, 0.5) is 5.69 Å². The average Bonchev–Trinajstić information content (AvgIpc) is 2.69. The summed E-state index contributed by atoms with van der Waals surface area (Å²) in [5, 5.41) is 3.22. The second kappa shape index (κ2) is 9.42. The van der Waals surface area contributed by atoms with Gasteiger partial charge in [-0.05, 0) is 38.1 Å². The van der Waals surface area contributed by atoms with Crippen LogP contribution in [0.1, 0.15) is 33.1 Å². The van der Waals surface area contributed by atoms with Crippen molar-refractivity contribution in [3.8, 4) is 0 Å². The zero-order valence-electron chi connectivity index (χ0n) is 18.5. The van der Waals surface area contributed by atoms with Crippen molar-refractivity contribution in [2.75, 3.05) is 58.8 Å². The molecule has 1 amide bonds. The third-order valence-electron chi connectivity index (χ3n) is 6.00. The van der Waals surface area contributed by atoms with Crippen LogP contribution in [0.5, 0.6) is 0 Å². The van der Waals surface area contributed by atoms with Gasteiger partial charge in [0.15, 0.2) is 0 Å². The molecular weight excluding hydrogens is 360 g/mol. The first-order valence-corrected chi connectivity index (χ1v) is 10.6. The van der Waals surface area contributed by atoms with Crippen LogP contribution in [0.2, 0.25) is 0 Å². The van der Waals surface area contributed by atoms with Crippen molar-refractivity contribution in [2.45, 2.75) is 19.9 Å². The molecule has 1 atom stereocenters. The summed E-state index contributed by atoms with van der Waals surface area (Å²) in [5.41, 5.74) is 5.50. The molecule has 156 valence electrons. The molecule has 0 aromatic heterocycles. The minimum Gasteiger partial charge on any atom is -0.378 e. The average molecular weight is 397 g/mol. The number of anilines is 1. The molecule has 1 aliphatic rings. The second-order valence-corrected chi connectivity index (χ2v) is 8.74. The zero-order chi connectivity index (χ0) is 21.0. The van der Waals surface area contributed by atoms with Gasteiger partial charge in [0.05, 0.1) is 13.6 Å². The normalized spacial score (nSPS) is 20.2. The van der Waals surface area contributed by atoms with Gasteiger partial charge in [0.1, 0.15) is 32.2 Å². The topological polar surface area (TPSA) is 41.2 Å². The van der Waals surface area contributed by atoms with Crippen LogP contribution in [-0.4, -0.2) is 59.8 Å². The summed E-state index contributed by atoms with van der Waals surface area (Å²) in [7, 11) is 6.38. The lowest BCUT2D eigenvalue weighted by atomic mass is 10.0. The van der Waals surface area contributed by atoms with Crippen molar-refractivity contribution in [1.29, 1.82) is 0 Å². The van der Waals surface area contributed by atoms with E-state index in [0.29, 0.717) is 6.54 Å². The molecule has 2 aromatic rings. The standard InChI is InChI=1S/C24H34N4O/c1-18-14-19(2)16-21(15-18)24(29)25-17-23(28-12-10-27(5)11-13-28)20-6-8-22(9-7-20)26(3)4/h6-9,14-16,23H,10-13,17H2,1-5H3,(H,25,29)/p+2/t23-/m0/s1. The van der Waals surface area contributed by atoms with Gasteiger partial charge in [-0.2, -0.15) is 0 Å². The van der Waals surface area contributed by atoms with Crippen molar-refractivity contribution >= 4 is 11.6 Å². The first-order chi connectivity index (χ1) is 13.8. The number of carbonyl (C=O) groups excluding carboxylic acids is 1. The number of hydrogen-bond donors (Lipinski definition) is 3. The van der Waals surface area contributed by atoms with Crippen LogP contribution < -0.4 is 20.0 Å². The van der Waals surface area contributed by atoms with Crippen LogP contribution in [0, 0.1) is 13.8 Å². The fourth-order valence-electron chi connectivity index (χ4n) is 4.25. The van der Waals surface area contributed by atoms with Crippen molar-refractivity contribution in [2.24, 2.45) is 0 Å². The molecule has 5 heteroatoms. The molecule has 0 saturated carbocycles. The molecular formula is C24H36N4O+2. The smallest absolute Gasteiger partial charge is 0.251 e. The van der Waals surface area contributed by atoms with E-state index in [9.17, 15) is 4.79 Å². The van der Waals surface area contributed by atoms with Gasteiger partial charge in [0, 0.05) is 30.9 Å². The Kier molecular flexibility index (Phi) is 6.93. The number of piperazine rings is 1. The Labute approximate surface area is 175 Å². The highest BCUT2D eigenvalue weighted by Gasteiger charge is 2.29. The lowest BCUT2D eigenvalue weighted by molar-refractivity contribution is -1.02. The maximum absolute atomic E-state index is 12.8. The van der Waals surface area contributed by atoms with Crippen LogP contribution in [0.15, 0.2) is 42.5 Å². The monoisotopic (exact) mass is 396 g/mol. The van der Waals surface area contributed by atoms with Crippen LogP contribution in [0.25, 0.3) is 0 Å². The summed E-state index contributed by atoms with van der Waals surface area (Å²) in [4.78, 5) is 18.1. The molecule has 5 nitrogen and oxygen atoms in total. The Balaban J connectivity index is 1.76. The fourth-order valence-corrected chi connectivity index (χ4v) is 4.25. The molecule has 3 N–H and O–H groups in total. The lowest BCUT2D eigenvalue weighted by Crippen LogP contribution is -3.27. The Morgan fingerprint density at radius 1 is 1.00 bits per heavy atom. The number of carbonyl (C=O) groups is 1. The van der Waals surface area contributed by atoms with Gasteiger partial charge in [-0.15, -0.1) is 0 Å². The zero-order valence-corrected chi connectivity index (χ0v) is 18.5. The molecule has 1 heterocycles. The predicted molar refractivity (Wildman–Crippen MR) is 119 cm³/mol. The van der Waals surface area contributed by atoms with Crippen LogP contribution >= 0.6 is 0 Å². The van der Waals surface area contributed by atoms with Gasteiger partial charge in [-0.1, -0.05) is 29.3 Å². The van der Waals surface area contributed by atoms with E-state index < -0.39 is 0 Å². The lowest BCUT2D eigenvalue weighted by Gasteiger charge is -2.33. The molecule has 0 radical (unpaired) electrons. The summed E-state index contributed by atoms with van der Waals surface area (Å²) in [6.45, 7) is 9.34. The second-order valence-electron chi connectivity index (χ2n) is 8.74. The van der Waals surface area contributed by atoms with E-state index in [2.05, 4.69) is 61.7 Å². The number of aryl methyl sites for hydroxylation is 2. The maximum Gasteiger partial charge on any atom is 0.251 e. The minimum absolute atomic E-state index is 0.0193. The summed E-state index contributed by atoms with van der Waals surface area (Å²) >= 11 is 0. The minimum atomic E-state index is 0.0193. The van der Waals surface area contributed by atoms with Crippen molar-refractivity contribution in [3.63, 3.8) is 0 Å². The highest BCUT2D eigenvalue weighted by atomic mass is 16.1. The number of nitrogens with zero attached hydrogens (tertiary/aromatic N) is 1. The van der Waals surface area contributed by atoms with Gasteiger partial charge in [-0.25, -0.2) is 0 Å². The molecule has 0 unspecified atom stereocenters. The number of rotatable bonds is 6. The van der Waals surface area contributed by atoms with Gasteiger partial charge in [-0.3, -0.25) is 4.79 Å². The Morgan fingerprint density at radius 2 is 1.59 bits per heavy atom. The molecule has 1 saturated heterocycles. The van der Waals surface area contributed by atoms with Crippen molar-refractivity contribution < 1.29 is 14.6 Å². The Bertz CT molecular complexity index is 803. The predicted octanol–water partition coefficient (Wildman–Crippen LogP) is 0.254. The van der Waals surface area contributed by atoms with E-state index in [1.54, 1.807) is 9.80 Å². The third-order valence-corrected chi connectivity index (χ3v) is 6.00. The van der Waals surface area contributed by atoms with Crippen LogP contribution in [0.3, 0.4) is 0 Å². The fraction of sp³-hybridized carbons (Fsp3) is 0.458. The third kappa shape index (κ3) is 5.58. The largest absolute Gasteiger partial charge is 0.378 e. The number of nitrogens with one attached hydrogen (secondary N) is 3. The van der Waals surface area contributed by atoms with Gasteiger partial charge in [0.2, 0.25) is 0 Å². The molecule has 0 spiro atoms. The molecule has 3 rings (SSSR count). The SMILES string of the molecule is Cc1cc(C)cc(C(=O)NC[C@@H](c2ccc(N(C)C)cc2)[NH+]2CC[NH+](C)CC2)c1. The van der Waals surface area contributed by atoms with Crippen molar-refractivity contribution in [3.05, 3.63) is 64.7 Å².